The lowest BCUT2D eigenvalue weighted by molar-refractivity contribution is 1.51. The highest BCUT2D eigenvalue weighted by Gasteiger charge is 2.18. The van der Waals surface area contributed by atoms with E-state index in [1.54, 1.807) is 0 Å². The summed E-state index contributed by atoms with van der Waals surface area (Å²) in [4.78, 5) is 0. The van der Waals surface area contributed by atoms with Gasteiger partial charge in [-0.3, -0.25) is 0 Å². The van der Waals surface area contributed by atoms with E-state index in [0.29, 0.717) is 0 Å². The zero-order valence-electron chi connectivity index (χ0n) is 24.1. The molecule has 0 aliphatic rings. The first-order chi connectivity index (χ1) is 21.1. The van der Waals surface area contributed by atoms with Crippen LogP contribution in [-0.4, -0.2) is 0 Å². The third-order valence-corrected chi connectivity index (χ3v) is 10.4. The van der Waals surface area contributed by atoms with Gasteiger partial charge in [0.15, 0.2) is 0 Å². The van der Waals surface area contributed by atoms with Crippen LogP contribution in [0, 0.1) is 13.8 Å². The van der Waals surface area contributed by atoms with Crippen molar-refractivity contribution in [1.29, 1.82) is 0 Å². The standard InChI is InChI=1S/C42H28S/c1-25-17-19-29-27(21-25)23-39(33-11-5-3-9-31(29)33)37-15-7-13-35-36-14-8-16-38(42(36)43-41(35)37)40-24-28-22-26(2)18-20-30(28)32-10-4-6-12-34(32)40/h3-24H,1-2H3. The fraction of sp³-hybridized carbons (Fsp3) is 0.0476. The number of aryl methyl sites for hydroxylation is 2. The van der Waals surface area contributed by atoms with Gasteiger partial charge in [-0.2, -0.15) is 0 Å². The van der Waals surface area contributed by atoms with Crippen LogP contribution in [0.3, 0.4) is 0 Å². The molecule has 1 heteroatoms. The fourth-order valence-corrected chi connectivity index (χ4v) is 8.51. The molecular formula is C42H28S. The molecule has 0 amide bonds. The molecule has 0 aliphatic heterocycles. The molecule has 0 fully saturated rings. The predicted octanol–water partition coefficient (Wildman–Crippen LogP) is 12.6. The number of hydrogen-bond donors (Lipinski definition) is 0. The topological polar surface area (TPSA) is 0 Å². The van der Waals surface area contributed by atoms with Gasteiger partial charge in [0.1, 0.15) is 0 Å². The Morgan fingerprint density at radius 1 is 0.326 bits per heavy atom. The molecule has 0 N–H and O–H groups in total. The van der Waals surface area contributed by atoms with Crippen molar-refractivity contribution in [2.45, 2.75) is 13.8 Å². The Balaban J connectivity index is 1.37. The maximum Gasteiger partial charge on any atom is 0.0434 e. The molecule has 8 aromatic carbocycles. The number of rotatable bonds is 2. The first kappa shape index (κ1) is 24.6. The van der Waals surface area contributed by atoms with Crippen LogP contribution in [-0.2, 0) is 0 Å². The van der Waals surface area contributed by atoms with Crippen LogP contribution in [0.1, 0.15) is 11.1 Å². The van der Waals surface area contributed by atoms with Crippen LogP contribution < -0.4 is 0 Å². The lowest BCUT2D eigenvalue weighted by atomic mass is 9.91. The van der Waals surface area contributed by atoms with Gasteiger partial charge in [0.25, 0.3) is 0 Å². The van der Waals surface area contributed by atoms with Gasteiger partial charge in [0, 0.05) is 31.3 Å². The van der Waals surface area contributed by atoms with Gasteiger partial charge in [-0.1, -0.05) is 132 Å². The summed E-state index contributed by atoms with van der Waals surface area (Å²) in [7, 11) is 0. The first-order valence-electron chi connectivity index (χ1n) is 14.9. The molecule has 0 bridgehead atoms. The highest BCUT2D eigenvalue weighted by Crippen LogP contribution is 2.47. The summed E-state index contributed by atoms with van der Waals surface area (Å²) in [5.41, 5.74) is 7.80. The van der Waals surface area contributed by atoms with E-state index in [0.717, 1.165) is 0 Å². The normalized spacial score (nSPS) is 12.0. The number of hydrogen-bond acceptors (Lipinski definition) is 1. The quantitative estimate of drug-likeness (QED) is 0.183. The SMILES string of the molecule is Cc1ccc2c(c1)cc(-c1cccc3c1sc1c(-c4cc5cc(C)ccc5c5ccccc45)cccc13)c1ccccc12. The van der Waals surface area contributed by atoms with Crippen molar-refractivity contribution in [2.75, 3.05) is 0 Å². The van der Waals surface area contributed by atoms with E-state index in [-0.39, 0.29) is 0 Å². The van der Waals surface area contributed by atoms with Crippen LogP contribution in [0.15, 0.2) is 133 Å². The second-order valence-electron chi connectivity index (χ2n) is 11.9. The van der Waals surface area contributed by atoms with Crippen molar-refractivity contribution in [1.82, 2.24) is 0 Å². The first-order valence-corrected chi connectivity index (χ1v) is 15.7. The molecule has 0 saturated carbocycles. The van der Waals surface area contributed by atoms with Crippen LogP contribution in [0.2, 0.25) is 0 Å². The summed E-state index contributed by atoms with van der Waals surface area (Å²) in [6, 6.07) is 49.9. The van der Waals surface area contributed by atoms with E-state index >= 15 is 0 Å². The number of fused-ring (bicyclic) bond motifs is 9. The Hall–Kier alpha value is -4.98. The van der Waals surface area contributed by atoms with Crippen molar-refractivity contribution < 1.29 is 0 Å². The van der Waals surface area contributed by atoms with Crippen LogP contribution in [0.5, 0.6) is 0 Å². The minimum Gasteiger partial charge on any atom is -0.134 e. The zero-order chi connectivity index (χ0) is 28.7. The van der Waals surface area contributed by atoms with E-state index in [9.17, 15) is 0 Å². The van der Waals surface area contributed by atoms with Crippen molar-refractivity contribution in [3.8, 4) is 22.3 Å². The minimum absolute atomic E-state index is 1.29. The average molecular weight is 565 g/mol. The van der Waals surface area contributed by atoms with Gasteiger partial charge in [0.05, 0.1) is 0 Å². The van der Waals surface area contributed by atoms with Gasteiger partial charge in [-0.25, -0.2) is 0 Å². The molecule has 9 aromatic rings. The molecule has 0 radical (unpaired) electrons. The zero-order valence-corrected chi connectivity index (χ0v) is 24.9. The summed E-state index contributed by atoms with van der Waals surface area (Å²) in [6.07, 6.45) is 0. The molecular weight excluding hydrogens is 537 g/mol. The van der Waals surface area contributed by atoms with E-state index in [1.807, 2.05) is 11.3 Å². The largest absolute Gasteiger partial charge is 0.134 e. The molecule has 1 heterocycles. The molecule has 0 unspecified atom stereocenters. The van der Waals surface area contributed by atoms with Crippen LogP contribution in [0.25, 0.3) is 85.5 Å². The molecule has 0 nitrogen and oxygen atoms in total. The molecule has 202 valence electrons. The Labute approximate surface area is 254 Å². The summed E-state index contributed by atoms with van der Waals surface area (Å²) >= 11 is 1.94. The monoisotopic (exact) mass is 564 g/mol. The van der Waals surface area contributed by atoms with E-state index in [4.69, 9.17) is 0 Å². The second-order valence-corrected chi connectivity index (χ2v) is 12.9. The highest BCUT2D eigenvalue weighted by molar-refractivity contribution is 7.26. The average Bonchev–Trinajstić information content (AvgIpc) is 3.43. The molecule has 0 aliphatic carbocycles. The predicted molar refractivity (Wildman–Crippen MR) is 190 cm³/mol. The fourth-order valence-electron chi connectivity index (χ4n) is 7.16. The summed E-state index contributed by atoms with van der Waals surface area (Å²) < 4.78 is 2.70. The maximum absolute atomic E-state index is 2.41. The number of thiophene rings is 1. The van der Waals surface area contributed by atoms with Crippen LogP contribution in [0.4, 0.5) is 0 Å². The molecule has 0 spiro atoms. The molecule has 0 atom stereocenters. The number of benzene rings is 8. The Morgan fingerprint density at radius 3 is 1.21 bits per heavy atom. The highest BCUT2D eigenvalue weighted by atomic mass is 32.1. The molecule has 43 heavy (non-hydrogen) atoms. The van der Waals surface area contributed by atoms with Gasteiger partial charge in [-0.15, -0.1) is 11.3 Å². The lowest BCUT2D eigenvalue weighted by Gasteiger charge is -2.12. The van der Waals surface area contributed by atoms with Crippen molar-refractivity contribution in [2.24, 2.45) is 0 Å². The Bertz CT molecular complexity index is 2400. The molecule has 9 rings (SSSR count). The third-order valence-electron chi connectivity index (χ3n) is 9.13. The minimum atomic E-state index is 1.29. The second kappa shape index (κ2) is 9.26. The van der Waals surface area contributed by atoms with Crippen LogP contribution >= 0.6 is 11.3 Å². The molecule has 0 saturated heterocycles. The Kier molecular flexibility index (Phi) is 5.30. The molecule has 1 aromatic heterocycles. The smallest absolute Gasteiger partial charge is 0.0434 e. The summed E-state index contributed by atoms with van der Waals surface area (Å²) in [5.74, 6) is 0. The summed E-state index contributed by atoms with van der Waals surface area (Å²) in [6.45, 7) is 4.36. The van der Waals surface area contributed by atoms with E-state index < -0.39 is 0 Å². The van der Waals surface area contributed by atoms with Crippen molar-refractivity contribution in [3.05, 3.63) is 145 Å². The third kappa shape index (κ3) is 3.68. The van der Waals surface area contributed by atoms with Gasteiger partial charge in [0.2, 0.25) is 0 Å². The van der Waals surface area contributed by atoms with Gasteiger partial charge < -0.3 is 0 Å². The summed E-state index contributed by atoms with van der Waals surface area (Å²) in [5, 5.41) is 13.1. The Morgan fingerprint density at radius 2 is 0.744 bits per heavy atom. The lowest BCUT2D eigenvalue weighted by Crippen LogP contribution is -1.86. The van der Waals surface area contributed by atoms with E-state index in [1.165, 1.54) is 96.6 Å². The van der Waals surface area contributed by atoms with Crippen molar-refractivity contribution in [3.63, 3.8) is 0 Å². The van der Waals surface area contributed by atoms with Crippen molar-refractivity contribution >= 4 is 74.6 Å². The van der Waals surface area contributed by atoms with Gasteiger partial charge in [-0.05, 0) is 80.2 Å². The van der Waals surface area contributed by atoms with E-state index in [2.05, 4.69) is 147 Å². The maximum atomic E-state index is 2.41. The van der Waals surface area contributed by atoms with Gasteiger partial charge >= 0.3 is 0 Å².